The van der Waals surface area contributed by atoms with Gasteiger partial charge in [-0.3, -0.25) is 9.48 Å². The minimum atomic E-state index is -0.440. The third kappa shape index (κ3) is 4.20. The Bertz CT molecular complexity index is 1210. The van der Waals surface area contributed by atoms with E-state index >= 15 is 0 Å². The van der Waals surface area contributed by atoms with Crippen molar-refractivity contribution in [1.29, 1.82) is 0 Å². The van der Waals surface area contributed by atoms with Crippen LogP contribution in [0.5, 0.6) is 0 Å². The van der Waals surface area contributed by atoms with Crippen LogP contribution in [0.15, 0.2) is 30.6 Å². The number of rotatable bonds is 4. The Morgan fingerprint density at radius 3 is 2.94 bits per heavy atom. The molecule has 9 heteroatoms. The van der Waals surface area contributed by atoms with Crippen molar-refractivity contribution in [3.63, 3.8) is 0 Å². The minimum Gasteiger partial charge on any atom is -0.382 e. The highest BCUT2D eigenvalue weighted by Gasteiger charge is 2.31. The zero-order chi connectivity index (χ0) is 23.2. The van der Waals surface area contributed by atoms with E-state index in [1.807, 2.05) is 10.9 Å². The highest BCUT2D eigenvalue weighted by atomic mass is 19.1. The van der Waals surface area contributed by atoms with Crippen molar-refractivity contribution in [3.05, 3.63) is 47.8 Å². The van der Waals surface area contributed by atoms with Gasteiger partial charge in [-0.1, -0.05) is 19.9 Å². The summed E-state index contributed by atoms with van der Waals surface area (Å²) in [6.45, 7) is 6.91. The first-order valence-electron chi connectivity index (χ1n) is 11.3. The molecule has 4 N–H and O–H groups in total. The number of hydrogen-bond acceptors (Lipinski definition) is 6. The summed E-state index contributed by atoms with van der Waals surface area (Å²) < 4.78 is 16.9. The summed E-state index contributed by atoms with van der Waals surface area (Å²) >= 11 is 0. The van der Waals surface area contributed by atoms with Crippen molar-refractivity contribution in [2.45, 2.75) is 45.7 Å². The second kappa shape index (κ2) is 8.22. The average molecular weight is 450 g/mol. The maximum Gasteiger partial charge on any atom is 0.274 e. The molecule has 0 saturated carbocycles. The molecule has 2 aromatic heterocycles. The fraction of sp³-hybridized carbons (Fsp3) is 0.417. The molecule has 0 radical (unpaired) electrons. The van der Waals surface area contributed by atoms with Crippen LogP contribution < -0.4 is 16.4 Å². The topological polar surface area (TPSA) is 111 Å². The SMILES string of the molecule is CC1(C)Cc2c(-c3ccc(F)c(-c4cnc(N)c(C(=O)N[C@H]5CCCNC5)n4)c3)cnn2C1. The molecule has 0 aliphatic carbocycles. The highest BCUT2D eigenvalue weighted by molar-refractivity contribution is 5.97. The molecular weight excluding hydrogens is 421 g/mol. The summed E-state index contributed by atoms with van der Waals surface area (Å²) in [7, 11) is 0. The molecule has 5 rings (SSSR count). The number of piperidine rings is 1. The van der Waals surface area contributed by atoms with Gasteiger partial charge >= 0.3 is 0 Å². The van der Waals surface area contributed by atoms with E-state index < -0.39 is 11.7 Å². The van der Waals surface area contributed by atoms with Crippen LogP contribution in [0.25, 0.3) is 22.4 Å². The molecule has 1 aromatic carbocycles. The molecule has 1 fully saturated rings. The Morgan fingerprint density at radius 1 is 1.30 bits per heavy atom. The molecule has 1 saturated heterocycles. The Kier molecular flexibility index (Phi) is 5.36. The number of hydrogen-bond donors (Lipinski definition) is 3. The molecule has 4 heterocycles. The van der Waals surface area contributed by atoms with Crippen molar-refractivity contribution >= 4 is 11.7 Å². The van der Waals surface area contributed by atoms with Crippen LogP contribution in [0.3, 0.4) is 0 Å². The van der Waals surface area contributed by atoms with Gasteiger partial charge in [-0.05, 0) is 48.9 Å². The molecule has 2 aliphatic heterocycles. The number of nitrogens with zero attached hydrogens (tertiary/aromatic N) is 4. The third-order valence-corrected chi connectivity index (χ3v) is 6.37. The van der Waals surface area contributed by atoms with E-state index in [0.717, 1.165) is 49.2 Å². The Morgan fingerprint density at radius 2 is 2.15 bits per heavy atom. The van der Waals surface area contributed by atoms with Crippen molar-refractivity contribution in [2.24, 2.45) is 5.41 Å². The van der Waals surface area contributed by atoms with Crippen LogP contribution in [0, 0.1) is 11.2 Å². The van der Waals surface area contributed by atoms with Gasteiger partial charge < -0.3 is 16.4 Å². The van der Waals surface area contributed by atoms with E-state index in [0.29, 0.717) is 6.54 Å². The van der Waals surface area contributed by atoms with Gasteiger partial charge in [-0.25, -0.2) is 14.4 Å². The van der Waals surface area contributed by atoms with Crippen LogP contribution in [0.2, 0.25) is 0 Å². The number of nitrogens with one attached hydrogen (secondary N) is 2. The highest BCUT2D eigenvalue weighted by Crippen LogP contribution is 2.38. The first kappa shape index (κ1) is 21.5. The second-order valence-corrected chi connectivity index (χ2v) is 9.70. The average Bonchev–Trinajstić information content (AvgIpc) is 3.30. The molecule has 172 valence electrons. The van der Waals surface area contributed by atoms with Gasteiger partial charge in [0.05, 0.1) is 18.1 Å². The smallest absolute Gasteiger partial charge is 0.274 e. The fourth-order valence-corrected chi connectivity index (χ4v) is 4.70. The van der Waals surface area contributed by atoms with Crippen molar-refractivity contribution in [1.82, 2.24) is 30.4 Å². The molecular formula is C24H28FN7O. The van der Waals surface area contributed by atoms with Crippen molar-refractivity contribution in [3.8, 4) is 22.4 Å². The van der Waals surface area contributed by atoms with Crippen LogP contribution >= 0.6 is 0 Å². The summed E-state index contributed by atoms with van der Waals surface area (Å²) in [6, 6.07) is 4.91. The molecule has 1 amide bonds. The predicted molar refractivity (Wildman–Crippen MR) is 124 cm³/mol. The van der Waals surface area contributed by atoms with Crippen molar-refractivity contribution < 1.29 is 9.18 Å². The van der Waals surface area contributed by atoms with Crippen LogP contribution in [0.4, 0.5) is 10.2 Å². The number of fused-ring (bicyclic) bond motifs is 1. The minimum absolute atomic E-state index is 0.00450. The number of carbonyl (C=O) groups excluding carboxylic acids is 1. The van der Waals surface area contributed by atoms with E-state index in [9.17, 15) is 9.18 Å². The number of anilines is 1. The van der Waals surface area contributed by atoms with Crippen LogP contribution in [-0.2, 0) is 13.0 Å². The van der Waals surface area contributed by atoms with Gasteiger partial charge in [0.1, 0.15) is 5.82 Å². The first-order chi connectivity index (χ1) is 15.8. The maximum atomic E-state index is 14.9. The summed E-state index contributed by atoms with van der Waals surface area (Å²) in [6.07, 6.45) is 6.00. The Labute approximate surface area is 191 Å². The summed E-state index contributed by atoms with van der Waals surface area (Å²) in [4.78, 5) is 21.4. The van der Waals surface area contributed by atoms with E-state index in [1.54, 1.807) is 12.1 Å². The van der Waals surface area contributed by atoms with Crippen molar-refractivity contribution in [2.75, 3.05) is 18.8 Å². The Hall–Kier alpha value is -3.33. The van der Waals surface area contributed by atoms with Gasteiger partial charge in [-0.15, -0.1) is 0 Å². The number of amides is 1. The molecule has 0 bridgehead atoms. The monoisotopic (exact) mass is 449 g/mol. The first-order valence-corrected chi connectivity index (χ1v) is 11.3. The second-order valence-electron chi connectivity index (χ2n) is 9.70. The normalized spacial score (nSPS) is 19.3. The lowest BCUT2D eigenvalue weighted by Crippen LogP contribution is -2.46. The van der Waals surface area contributed by atoms with Crippen LogP contribution in [-0.4, -0.2) is 44.8 Å². The Balaban J connectivity index is 1.47. The zero-order valence-corrected chi connectivity index (χ0v) is 18.9. The lowest BCUT2D eigenvalue weighted by Gasteiger charge is -2.23. The summed E-state index contributed by atoms with van der Waals surface area (Å²) in [5.41, 5.74) is 9.60. The number of halogens is 1. The molecule has 3 aromatic rings. The van der Waals surface area contributed by atoms with Gasteiger partial charge in [-0.2, -0.15) is 5.10 Å². The molecule has 0 spiro atoms. The molecule has 2 aliphatic rings. The molecule has 0 unspecified atom stereocenters. The van der Waals surface area contributed by atoms with E-state index in [2.05, 4.69) is 39.5 Å². The number of nitrogen functional groups attached to an aromatic ring is 1. The van der Waals surface area contributed by atoms with Gasteiger partial charge in [0.25, 0.3) is 5.91 Å². The summed E-state index contributed by atoms with van der Waals surface area (Å²) in [5, 5.41) is 10.7. The molecule has 8 nitrogen and oxygen atoms in total. The standard InChI is InChI=1S/C24H28FN7O/c1-24(2)9-20-17(11-29-32(20)13-24)14-5-6-18(25)16(8-14)19-12-28-22(26)21(31-19)23(33)30-15-4-3-7-27-10-15/h5-6,8,11-12,15,27H,3-4,7,9-10,13H2,1-2H3,(H2,26,28)(H,30,33)/t15-/m0/s1. The number of nitrogens with two attached hydrogens (primary N) is 1. The fourth-order valence-electron chi connectivity index (χ4n) is 4.70. The molecule has 1 atom stereocenters. The number of carbonyl (C=O) groups is 1. The largest absolute Gasteiger partial charge is 0.382 e. The zero-order valence-electron chi connectivity index (χ0n) is 18.9. The van der Waals surface area contributed by atoms with E-state index in [4.69, 9.17) is 5.73 Å². The quantitative estimate of drug-likeness (QED) is 0.565. The van der Waals surface area contributed by atoms with E-state index in [-0.39, 0.29) is 34.2 Å². The van der Waals surface area contributed by atoms with E-state index in [1.165, 1.54) is 12.3 Å². The number of aromatic nitrogens is 4. The lowest BCUT2D eigenvalue weighted by molar-refractivity contribution is 0.0926. The lowest BCUT2D eigenvalue weighted by atomic mass is 9.89. The van der Waals surface area contributed by atoms with Crippen LogP contribution in [0.1, 0.15) is 42.9 Å². The summed E-state index contributed by atoms with van der Waals surface area (Å²) in [5.74, 6) is -0.818. The third-order valence-electron chi connectivity index (χ3n) is 6.37. The van der Waals surface area contributed by atoms with Gasteiger partial charge in [0.2, 0.25) is 0 Å². The van der Waals surface area contributed by atoms with Gasteiger partial charge in [0, 0.05) is 36.0 Å². The van der Waals surface area contributed by atoms with Gasteiger partial charge in [0.15, 0.2) is 11.5 Å². The number of benzene rings is 1. The molecule has 33 heavy (non-hydrogen) atoms. The predicted octanol–water partition coefficient (Wildman–Crippen LogP) is 2.79. The maximum absolute atomic E-state index is 14.9.